The van der Waals surface area contributed by atoms with Gasteiger partial charge >= 0.3 is 0 Å². The smallest absolute Gasteiger partial charge is 0.264 e. The van der Waals surface area contributed by atoms with Crippen LogP contribution >= 0.6 is 15.9 Å². The summed E-state index contributed by atoms with van der Waals surface area (Å²) in [5.74, 6) is -0.275. The molecule has 1 atom stereocenters. The molecule has 0 bridgehead atoms. The molecule has 0 aromatic heterocycles. The molecule has 0 saturated carbocycles. The molecule has 0 fully saturated rings. The number of halogens is 1. The lowest BCUT2D eigenvalue weighted by Crippen LogP contribution is -2.52. The van der Waals surface area contributed by atoms with Crippen molar-refractivity contribution in [2.24, 2.45) is 0 Å². The van der Waals surface area contributed by atoms with Gasteiger partial charge in [-0.15, -0.1) is 0 Å². The Morgan fingerprint density at radius 1 is 0.927 bits per heavy atom. The van der Waals surface area contributed by atoms with Gasteiger partial charge in [0, 0.05) is 23.1 Å². The normalized spacial score (nSPS) is 12.0. The monoisotopic (exact) mass is 645 g/mol. The molecular formula is C30H36BrN3O6S. The highest BCUT2D eigenvalue weighted by atomic mass is 79.9. The predicted molar refractivity (Wildman–Crippen MR) is 163 cm³/mol. The largest absolute Gasteiger partial charge is 0.493 e. The van der Waals surface area contributed by atoms with E-state index in [1.54, 1.807) is 31.2 Å². The van der Waals surface area contributed by atoms with Crippen LogP contribution in [0.15, 0.2) is 76.1 Å². The fourth-order valence-electron chi connectivity index (χ4n) is 4.16. The van der Waals surface area contributed by atoms with Crippen molar-refractivity contribution >= 4 is 43.5 Å². The number of hydrogen-bond acceptors (Lipinski definition) is 6. The Morgan fingerprint density at radius 2 is 1.59 bits per heavy atom. The number of rotatable bonds is 12. The van der Waals surface area contributed by atoms with E-state index in [2.05, 4.69) is 21.2 Å². The van der Waals surface area contributed by atoms with E-state index in [1.165, 1.54) is 37.3 Å². The summed E-state index contributed by atoms with van der Waals surface area (Å²) in [6, 6.07) is 17.5. The summed E-state index contributed by atoms with van der Waals surface area (Å²) in [6.45, 7) is 6.75. The second-order valence-electron chi connectivity index (χ2n) is 9.85. The maximum absolute atomic E-state index is 14.1. The van der Waals surface area contributed by atoms with E-state index in [0.29, 0.717) is 11.4 Å². The van der Waals surface area contributed by atoms with E-state index in [9.17, 15) is 18.0 Å². The lowest BCUT2D eigenvalue weighted by molar-refractivity contribution is -0.139. The van der Waals surface area contributed by atoms with E-state index in [1.807, 2.05) is 45.0 Å². The summed E-state index contributed by atoms with van der Waals surface area (Å²) >= 11 is 3.45. The maximum atomic E-state index is 14.1. The van der Waals surface area contributed by atoms with E-state index >= 15 is 0 Å². The van der Waals surface area contributed by atoms with Crippen LogP contribution in [0.4, 0.5) is 5.69 Å². The predicted octanol–water partition coefficient (Wildman–Crippen LogP) is 4.91. The molecule has 11 heteroatoms. The van der Waals surface area contributed by atoms with Crippen LogP contribution in [0.2, 0.25) is 0 Å². The lowest BCUT2D eigenvalue weighted by atomic mass is 10.1. The molecule has 1 N–H and O–H groups in total. The minimum absolute atomic E-state index is 0.0762. The molecule has 41 heavy (non-hydrogen) atoms. The number of ether oxygens (including phenoxy) is 2. The first-order valence-electron chi connectivity index (χ1n) is 13.0. The molecular weight excluding hydrogens is 610 g/mol. The highest BCUT2D eigenvalue weighted by molar-refractivity contribution is 9.10. The zero-order chi connectivity index (χ0) is 30.3. The number of aryl methyl sites for hydroxylation is 1. The summed E-state index contributed by atoms with van der Waals surface area (Å²) in [5, 5.41) is 2.85. The van der Waals surface area contributed by atoms with Crippen LogP contribution in [0, 0.1) is 6.92 Å². The van der Waals surface area contributed by atoms with Crippen LogP contribution in [0.25, 0.3) is 0 Å². The molecule has 0 spiro atoms. The maximum Gasteiger partial charge on any atom is 0.264 e. The van der Waals surface area contributed by atoms with Crippen LogP contribution in [0.5, 0.6) is 11.5 Å². The number of sulfonamides is 1. The van der Waals surface area contributed by atoms with Gasteiger partial charge in [0.05, 0.1) is 24.8 Å². The number of hydrogen-bond donors (Lipinski definition) is 1. The van der Waals surface area contributed by atoms with Crippen molar-refractivity contribution in [1.82, 2.24) is 10.2 Å². The van der Waals surface area contributed by atoms with Crippen molar-refractivity contribution in [3.63, 3.8) is 0 Å². The highest BCUT2D eigenvalue weighted by Crippen LogP contribution is 2.32. The first-order chi connectivity index (χ1) is 19.4. The van der Waals surface area contributed by atoms with Crippen molar-refractivity contribution in [2.75, 3.05) is 25.1 Å². The van der Waals surface area contributed by atoms with E-state index in [4.69, 9.17) is 9.47 Å². The van der Waals surface area contributed by atoms with Crippen molar-refractivity contribution < 1.29 is 27.5 Å². The summed E-state index contributed by atoms with van der Waals surface area (Å²) in [7, 11) is -1.38. The number of nitrogens with one attached hydrogen (secondary N) is 1. The molecule has 3 rings (SSSR count). The first-order valence-corrected chi connectivity index (χ1v) is 15.3. The molecule has 3 aromatic rings. The second kappa shape index (κ2) is 13.9. The molecule has 0 aliphatic rings. The van der Waals surface area contributed by atoms with Gasteiger partial charge in [-0.3, -0.25) is 13.9 Å². The summed E-state index contributed by atoms with van der Waals surface area (Å²) in [5.41, 5.74) is 2.01. The van der Waals surface area contributed by atoms with Crippen molar-refractivity contribution in [3.05, 3.63) is 82.3 Å². The number of amides is 2. The van der Waals surface area contributed by atoms with E-state index in [0.717, 1.165) is 19.9 Å². The van der Waals surface area contributed by atoms with Gasteiger partial charge in [0.15, 0.2) is 11.5 Å². The summed E-state index contributed by atoms with van der Waals surface area (Å²) in [6.07, 6.45) is 0. The summed E-state index contributed by atoms with van der Waals surface area (Å²) < 4.78 is 40.6. The highest BCUT2D eigenvalue weighted by Gasteiger charge is 2.33. The first kappa shape index (κ1) is 32.0. The number of methoxy groups -OCH3 is 2. The molecule has 3 aromatic carbocycles. The Morgan fingerprint density at radius 3 is 2.17 bits per heavy atom. The molecule has 0 radical (unpaired) electrons. The van der Waals surface area contributed by atoms with Crippen molar-refractivity contribution in [3.8, 4) is 11.5 Å². The molecule has 0 unspecified atom stereocenters. The Balaban J connectivity index is 2.07. The SMILES string of the molecule is COc1ccc(S(=O)(=O)N(CC(=O)N(Cc2cccc(Br)c2)[C@H](C)C(=O)NC(C)C)c2ccc(C)cc2)cc1OC. The minimum Gasteiger partial charge on any atom is -0.493 e. The van der Waals surface area contributed by atoms with Crippen LogP contribution in [-0.2, 0) is 26.2 Å². The van der Waals surface area contributed by atoms with Crippen LogP contribution in [0.1, 0.15) is 31.9 Å². The number of anilines is 1. The van der Waals surface area contributed by atoms with Crippen molar-refractivity contribution in [2.45, 2.75) is 51.2 Å². The molecule has 0 aliphatic carbocycles. The van der Waals surface area contributed by atoms with Gasteiger partial charge in [-0.1, -0.05) is 45.8 Å². The molecule has 0 aliphatic heterocycles. The fourth-order valence-corrected chi connectivity index (χ4v) is 6.04. The Kier molecular flexibility index (Phi) is 10.8. The van der Waals surface area contributed by atoms with Gasteiger partial charge in [-0.05, 0) is 69.7 Å². The average molecular weight is 647 g/mol. The number of carbonyl (C=O) groups is 2. The van der Waals surface area contributed by atoms with Gasteiger partial charge < -0.3 is 19.7 Å². The topological polar surface area (TPSA) is 105 Å². The molecule has 0 heterocycles. The van der Waals surface area contributed by atoms with Crippen molar-refractivity contribution in [1.29, 1.82) is 0 Å². The number of nitrogens with zero attached hydrogens (tertiary/aromatic N) is 2. The van der Waals surface area contributed by atoms with E-state index < -0.39 is 28.5 Å². The van der Waals surface area contributed by atoms with Gasteiger partial charge in [0.25, 0.3) is 10.0 Å². The standard InChI is InChI=1S/C30H36BrN3O6S/c1-20(2)32-30(36)22(4)33(18-23-8-7-9-24(31)16-23)29(35)19-34(25-12-10-21(3)11-13-25)41(37,38)26-14-15-27(39-5)28(17-26)40-6/h7-17,20,22H,18-19H2,1-6H3,(H,32,36)/t22-/m1/s1. The van der Waals surface area contributed by atoms with Crippen LogP contribution in [0.3, 0.4) is 0 Å². The quantitative estimate of drug-likeness (QED) is 0.300. The molecule has 0 saturated heterocycles. The summed E-state index contributed by atoms with van der Waals surface area (Å²) in [4.78, 5) is 28.3. The third-order valence-electron chi connectivity index (χ3n) is 6.38. The third kappa shape index (κ3) is 8.01. The fraction of sp³-hybridized carbons (Fsp3) is 0.333. The number of carbonyl (C=O) groups excluding carboxylic acids is 2. The lowest BCUT2D eigenvalue weighted by Gasteiger charge is -2.32. The second-order valence-corrected chi connectivity index (χ2v) is 12.6. The Labute approximate surface area is 250 Å². The zero-order valence-electron chi connectivity index (χ0n) is 24.0. The molecule has 220 valence electrons. The van der Waals surface area contributed by atoms with Gasteiger partial charge in [-0.25, -0.2) is 8.42 Å². The number of benzene rings is 3. The van der Waals surface area contributed by atoms with Gasteiger partial charge in [0.1, 0.15) is 12.6 Å². The third-order valence-corrected chi connectivity index (χ3v) is 8.65. The Hall–Kier alpha value is -3.57. The van der Waals surface area contributed by atoms with Crippen LogP contribution in [-0.4, -0.2) is 58.0 Å². The van der Waals surface area contributed by atoms with Gasteiger partial charge in [-0.2, -0.15) is 0 Å². The van der Waals surface area contributed by atoms with Crippen LogP contribution < -0.4 is 19.1 Å². The molecule has 9 nitrogen and oxygen atoms in total. The van der Waals surface area contributed by atoms with Gasteiger partial charge in [0.2, 0.25) is 11.8 Å². The van der Waals surface area contributed by atoms with E-state index in [-0.39, 0.29) is 29.1 Å². The zero-order valence-corrected chi connectivity index (χ0v) is 26.5. The average Bonchev–Trinajstić information content (AvgIpc) is 2.93. The molecule has 2 amide bonds. The minimum atomic E-state index is -4.26. The Bertz CT molecular complexity index is 1480.